The molecule has 2 atom stereocenters. The number of carboxylic acid groups (broad SMARTS) is 1. The maximum atomic E-state index is 10.9. The molecular formula is C9H18NO5P. The smallest absolute Gasteiger partial charge is 0.325 e. The molecule has 0 bridgehead atoms. The monoisotopic (exact) mass is 251 g/mol. The molecule has 1 saturated heterocycles. The van der Waals surface area contributed by atoms with Gasteiger partial charge in [0.1, 0.15) is 6.04 Å². The summed E-state index contributed by atoms with van der Waals surface area (Å²) in [6.45, 7) is 0.700. The van der Waals surface area contributed by atoms with E-state index in [1.807, 2.05) is 0 Å². The van der Waals surface area contributed by atoms with Crippen LogP contribution in [0.1, 0.15) is 25.7 Å². The summed E-state index contributed by atoms with van der Waals surface area (Å²) in [6, 6.07) is -0.564. The molecule has 0 amide bonds. The Kier molecular flexibility index (Phi) is 4.92. The topological polar surface area (TPSA) is 107 Å². The standard InChI is InChI=1S/C9H18NO5P/c11-9(12)8-7(3-1-5-10-8)4-2-6-16(13,14)15/h7-8,10H,1-6H2,(H,11,12)(H2,13,14,15)/t7-,8-/m1/s1. The number of carboxylic acids is 1. The van der Waals surface area contributed by atoms with Gasteiger partial charge in [-0.2, -0.15) is 0 Å². The highest BCUT2D eigenvalue weighted by Crippen LogP contribution is 2.36. The molecule has 0 aromatic heterocycles. The van der Waals surface area contributed by atoms with Crippen LogP contribution < -0.4 is 5.32 Å². The van der Waals surface area contributed by atoms with Gasteiger partial charge in [-0.3, -0.25) is 9.36 Å². The summed E-state index contributed by atoms with van der Waals surface area (Å²) in [5.41, 5.74) is 0. The maximum absolute atomic E-state index is 10.9. The molecule has 16 heavy (non-hydrogen) atoms. The first kappa shape index (κ1) is 13.6. The minimum absolute atomic E-state index is 0.0159. The zero-order chi connectivity index (χ0) is 12.2. The van der Waals surface area contributed by atoms with Gasteiger partial charge < -0.3 is 20.2 Å². The van der Waals surface area contributed by atoms with Crippen LogP contribution in [0.5, 0.6) is 0 Å². The average molecular weight is 251 g/mol. The van der Waals surface area contributed by atoms with Crippen molar-refractivity contribution >= 4 is 13.6 Å². The fourth-order valence-corrected chi connectivity index (χ4v) is 2.71. The molecule has 1 aliphatic rings. The van der Waals surface area contributed by atoms with Crippen LogP contribution in [0.3, 0.4) is 0 Å². The molecule has 0 aliphatic carbocycles. The van der Waals surface area contributed by atoms with Gasteiger partial charge >= 0.3 is 13.6 Å². The Balaban J connectivity index is 2.38. The van der Waals surface area contributed by atoms with E-state index in [0.29, 0.717) is 19.4 Å². The van der Waals surface area contributed by atoms with E-state index in [9.17, 15) is 9.36 Å². The molecule has 1 aliphatic heterocycles. The molecule has 94 valence electrons. The molecule has 0 saturated carbocycles. The van der Waals surface area contributed by atoms with Crippen LogP contribution in [0.2, 0.25) is 0 Å². The Hall–Kier alpha value is -0.420. The van der Waals surface area contributed by atoms with Crippen molar-refractivity contribution < 1.29 is 24.3 Å². The lowest BCUT2D eigenvalue weighted by atomic mass is 9.87. The van der Waals surface area contributed by atoms with Crippen LogP contribution >= 0.6 is 7.60 Å². The van der Waals surface area contributed by atoms with Crippen molar-refractivity contribution in [3.8, 4) is 0 Å². The first-order valence-corrected chi connectivity index (χ1v) is 7.20. The van der Waals surface area contributed by atoms with E-state index < -0.39 is 19.6 Å². The molecule has 0 aromatic rings. The molecule has 1 rings (SSSR count). The lowest BCUT2D eigenvalue weighted by Gasteiger charge is -2.29. The lowest BCUT2D eigenvalue weighted by molar-refractivity contribution is -0.141. The fraction of sp³-hybridized carbons (Fsp3) is 0.889. The van der Waals surface area contributed by atoms with Gasteiger partial charge in [0, 0.05) is 6.16 Å². The normalized spacial score (nSPS) is 26.6. The highest BCUT2D eigenvalue weighted by Gasteiger charge is 2.30. The second-order valence-electron chi connectivity index (χ2n) is 4.20. The summed E-state index contributed by atoms with van der Waals surface area (Å²) in [6.07, 6.45) is 2.50. The van der Waals surface area contributed by atoms with Crippen molar-refractivity contribution in [1.82, 2.24) is 5.32 Å². The molecule has 0 unspecified atom stereocenters. The second-order valence-corrected chi connectivity index (χ2v) is 5.98. The van der Waals surface area contributed by atoms with Crippen molar-refractivity contribution in [3.63, 3.8) is 0 Å². The third-order valence-corrected chi connectivity index (χ3v) is 3.78. The van der Waals surface area contributed by atoms with E-state index in [2.05, 4.69) is 5.32 Å². The molecule has 0 radical (unpaired) electrons. The molecule has 6 nitrogen and oxygen atoms in total. The quantitative estimate of drug-likeness (QED) is 0.527. The van der Waals surface area contributed by atoms with Gasteiger partial charge in [0.15, 0.2) is 0 Å². The van der Waals surface area contributed by atoms with E-state index in [1.165, 1.54) is 0 Å². The number of rotatable bonds is 5. The Labute approximate surface area is 94.2 Å². The number of nitrogens with one attached hydrogen (secondary N) is 1. The van der Waals surface area contributed by atoms with E-state index >= 15 is 0 Å². The summed E-state index contributed by atoms with van der Waals surface area (Å²) in [5.74, 6) is -0.890. The molecule has 0 spiro atoms. The van der Waals surface area contributed by atoms with Crippen molar-refractivity contribution in [2.24, 2.45) is 5.92 Å². The maximum Gasteiger partial charge on any atom is 0.325 e. The molecule has 1 heterocycles. The number of hydrogen-bond acceptors (Lipinski definition) is 3. The summed E-state index contributed by atoms with van der Waals surface area (Å²) < 4.78 is 10.7. The van der Waals surface area contributed by atoms with E-state index in [1.54, 1.807) is 0 Å². The predicted octanol–water partition coefficient (Wildman–Crippen LogP) is 0.397. The van der Waals surface area contributed by atoms with Crippen molar-refractivity contribution in [1.29, 1.82) is 0 Å². The van der Waals surface area contributed by atoms with Crippen LogP contribution in [0.25, 0.3) is 0 Å². The largest absolute Gasteiger partial charge is 0.480 e. The van der Waals surface area contributed by atoms with E-state index in [4.69, 9.17) is 14.9 Å². The van der Waals surface area contributed by atoms with Crippen molar-refractivity contribution in [2.45, 2.75) is 31.7 Å². The minimum Gasteiger partial charge on any atom is -0.480 e. The van der Waals surface area contributed by atoms with Gasteiger partial charge in [0.25, 0.3) is 0 Å². The average Bonchev–Trinajstić information content (AvgIpc) is 2.16. The van der Waals surface area contributed by atoms with Gasteiger partial charge in [-0.15, -0.1) is 0 Å². The van der Waals surface area contributed by atoms with Crippen molar-refractivity contribution in [2.75, 3.05) is 12.7 Å². The SMILES string of the molecule is O=C(O)[C@@H]1NCCC[C@@H]1CCCP(=O)(O)O. The molecule has 0 aromatic carbocycles. The first-order valence-electron chi connectivity index (χ1n) is 5.41. The summed E-state index contributed by atoms with van der Waals surface area (Å²) in [4.78, 5) is 28.3. The number of carbonyl (C=O) groups is 1. The van der Waals surface area contributed by atoms with Gasteiger partial charge in [0.2, 0.25) is 0 Å². The van der Waals surface area contributed by atoms with Crippen molar-refractivity contribution in [3.05, 3.63) is 0 Å². The van der Waals surface area contributed by atoms with E-state index in [0.717, 1.165) is 12.8 Å². The van der Waals surface area contributed by atoms with Crippen LogP contribution in [-0.4, -0.2) is 39.6 Å². The number of hydrogen-bond donors (Lipinski definition) is 4. The van der Waals surface area contributed by atoms with Gasteiger partial charge in [-0.05, 0) is 38.1 Å². The summed E-state index contributed by atoms with van der Waals surface area (Å²) in [7, 11) is -3.94. The van der Waals surface area contributed by atoms with Crippen LogP contribution in [0, 0.1) is 5.92 Å². The summed E-state index contributed by atoms with van der Waals surface area (Å²) in [5, 5.41) is 11.9. The first-order chi connectivity index (χ1) is 7.40. The molecular weight excluding hydrogens is 233 g/mol. The predicted molar refractivity (Wildman–Crippen MR) is 58.3 cm³/mol. The second kappa shape index (κ2) is 5.77. The zero-order valence-electron chi connectivity index (χ0n) is 9.00. The summed E-state index contributed by atoms with van der Waals surface area (Å²) >= 11 is 0. The Morgan fingerprint density at radius 1 is 1.44 bits per heavy atom. The lowest BCUT2D eigenvalue weighted by Crippen LogP contribution is -2.46. The highest BCUT2D eigenvalue weighted by atomic mass is 31.2. The number of aliphatic carboxylic acids is 1. The molecule has 1 fully saturated rings. The Bertz CT molecular complexity index is 290. The fourth-order valence-electron chi connectivity index (χ4n) is 2.11. The van der Waals surface area contributed by atoms with Crippen LogP contribution in [-0.2, 0) is 9.36 Å². The zero-order valence-corrected chi connectivity index (χ0v) is 9.90. The van der Waals surface area contributed by atoms with Crippen LogP contribution in [0.4, 0.5) is 0 Å². The third kappa shape index (κ3) is 4.61. The Morgan fingerprint density at radius 2 is 2.12 bits per heavy atom. The van der Waals surface area contributed by atoms with E-state index in [-0.39, 0.29) is 12.1 Å². The minimum atomic E-state index is -3.94. The van der Waals surface area contributed by atoms with Gasteiger partial charge in [-0.1, -0.05) is 0 Å². The highest BCUT2D eigenvalue weighted by molar-refractivity contribution is 7.51. The molecule has 4 N–H and O–H groups in total. The van der Waals surface area contributed by atoms with Gasteiger partial charge in [0.05, 0.1) is 0 Å². The Morgan fingerprint density at radius 3 is 2.69 bits per heavy atom. The molecule has 7 heteroatoms. The third-order valence-electron chi connectivity index (χ3n) is 2.88. The van der Waals surface area contributed by atoms with Gasteiger partial charge in [-0.25, -0.2) is 0 Å². The van der Waals surface area contributed by atoms with Crippen LogP contribution in [0.15, 0.2) is 0 Å². The number of piperidine rings is 1.